The largest absolute Gasteiger partial charge is 0.466 e. The monoisotopic (exact) mass is 309 g/mol. The molecule has 0 aliphatic rings. The first-order valence-corrected chi connectivity index (χ1v) is 7.63. The third-order valence-corrected chi connectivity index (χ3v) is 3.90. The average molecular weight is 310 g/mol. The van der Waals surface area contributed by atoms with Gasteiger partial charge in [0.1, 0.15) is 17.3 Å². The van der Waals surface area contributed by atoms with Crippen LogP contribution >= 0.6 is 11.6 Å². The summed E-state index contributed by atoms with van der Waals surface area (Å²) in [5, 5.41) is 4.09. The smallest absolute Gasteiger partial charge is 0.123 e. The van der Waals surface area contributed by atoms with Crippen molar-refractivity contribution < 1.29 is 8.81 Å². The van der Waals surface area contributed by atoms with Crippen molar-refractivity contribution in [3.8, 4) is 0 Å². The average Bonchev–Trinajstić information content (AvgIpc) is 2.77. The van der Waals surface area contributed by atoms with Crippen molar-refractivity contribution in [3.63, 3.8) is 0 Å². The van der Waals surface area contributed by atoms with E-state index in [0.29, 0.717) is 11.4 Å². The van der Waals surface area contributed by atoms with Crippen molar-refractivity contribution in [2.45, 2.75) is 39.7 Å². The van der Waals surface area contributed by atoms with Gasteiger partial charge in [0.15, 0.2) is 0 Å². The van der Waals surface area contributed by atoms with Crippen LogP contribution in [0.25, 0.3) is 0 Å². The minimum atomic E-state index is -0.260. The zero-order chi connectivity index (χ0) is 15.4. The summed E-state index contributed by atoms with van der Waals surface area (Å²) < 4.78 is 19.1. The van der Waals surface area contributed by atoms with Crippen molar-refractivity contribution in [1.29, 1.82) is 0 Å². The predicted octanol–water partition coefficient (Wildman–Crippen LogP) is 4.97. The van der Waals surface area contributed by atoms with E-state index in [-0.39, 0.29) is 11.9 Å². The van der Waals surface area contributed by atoms with Gasteiger partial charge < -0.3 is 9.73 Å². The summed E-state index contributed by atoms with van der Waals surface area (Å²) in [6, 6.07) is 6.60. The first-order chi connectivity index (χ1) is 10.0. The van der Waals surface area contributed by atoms with Gasteiger partial charge in [-0.1, -0.05) is 18.5 Å². The summed E-state index contributed by atoms with van der Waals surface area (Å²) >= 11 is 6.19. The van der Waals surface area contributed by atoms with Gasteiger partial charge in [-0.15, -0.1) is 0 Å². The second-order valence-electron chi connectivity index (χ2n) is 5.32. The van der Waals surface area contributed by atoms with Crippen molar-refractivity contribution in [2.24, 2.45) is 0 Å². The van der Waals surface area contributed by atoms with Crippen LogP contribution in [0.15, 0.2) is 28.7 Å². The van der Waals surface area contributed by atoms with Gasteiger partial charge in [-0.25, -0.2) is 4.39 Å². The van der Waals surface area contributed by atoms with E-state index in [0.717, 1.165) is 35.6 Å². The second kappa shape index (κ2) is 7.10. The molecule has 1 atom stereocenters. The molecular weight excluding hydrogens is 289 g/mol. The van der Waals surface area contributed by atoms with Crippen LogP contribution in [0, 0.1) is 19.7 Å². The highest BCUT2D eigenvalue weighted by atomic mass is 35.5. The first kappa shape index (κ1) is 16.1. The first-order valence-electron chi connectivity index (χ1n) is 7.25. The maximum absolute atomic E-state index is 13.4. The lowest BCUT2D eigenvalue weighted by atomic mass is 9.98. The second-order valence-corrected chi connectivity index (χ2v) is 5.72. The number of halogens is 2. The van der Waals surface area contributed by atoms with E-state index < -0.39 is 0 Å². The fourth-order valence-electron chi connectivity index (χ4n) is 2.53. The van der Waals surface area contributed by atoms with Gasteiger partial charge in [0.05, 0.1) is 0 Å². The van der Waals surface area contributed by atoms with Gasteiger partial charge >= 0.3 is 0 Å². The fourth-order valence-corrected chi connectivity index (χ4v) is 2.72. The van der Waals surface area contributed by atoms with Crippen molar-refractivity contribution in [1.82, 2.24) is 5.32 Å². The number of benzene rings is 1. The van der Waals surface area contributed by atoms with Crippen LogP contribution in [-0.4, -0.2) is 6.54 Å². The van der Waals surface area contributed by atoms with E-state index in [2.05, 4.69) is 12.2 Å². The lowest BCUT2D eigenvalue weighted by molar-refractivity contribution is 0.480. The summed E-state index contributed by atoms with van der Waals surface area (Å²) in [7, 11) is 0. The topological polar surface area (TPSA) is 25.2 Å². The van der Waals surface area contributed by atoms with E-state index in [1.165, 1.54) is 12.1 Å². The number of nitrogens with one attached hydrogen (secondary N) is 1. The number of aryl methyl sites for hydroxylation is 2. The van der Waals surface area contributed by atoms with Crippen molar-refractivity contribution >= 4 is 11.6 Å². The van der Waals surface area contributed by atoms with E-state index in [1.807, 2.05) is 19.9 Å². The molecule has 0 saturated carbocycles. The van der Waals surface area contributed by atoms with Gasteiger partial charge in [-0.05, 0) is 63.1 Å². The molecule has 0 saturated heterocycles. The Labute approximate surface area is 130 Å². The van der Waals surface area contributed by atoms with Crippen LogP contribution in [0.5, 0.6) is 0 Å². The Balaban J connectivity index is 2.28. The predicted molar refractivity (Wildman–Crippen MR) is 84.3 cm³/mol. The molecule has 0 bridgehead atoms. The van der Waals surface area contributed by atoms with Crippen LogP contribution in [0.2, 0.25) is 5.02 Å². The molecule has 0 spiro atoms. The molecule has 0 aliphatic heterocycles. The lowest BCUT2D eigenvalue weighted by Gasteiger charge is -2.19. The SMILES string of the molecule is CCCNC(Cc1cc(F)ccc1Cl)c1cc(C)oc1C. The number of furan rings is 1. The number of rotatable bonds is 6. The normalized spacial score (nSPS) is 12.6. The van der Waals surface area contributed by atoms with Gasteiger partial charge in [0, 0.05) is 16.6 Å². The van der Waals surface area contributed by atoms with E-state index >= 15 is 0 Å². The highest BCUT2D eigenvalue weighted by Gasteiger charge is 2.18. The molecule has 1 N–H and O–H groups in total. The van der Waals surface area contributed by atoms with Crippen LogP contribution in [-0.2, 0) is 6.42 Å². The molecular formula is C17H21ClFNO. The van der Waals surface area contributed by atoms with Gasteiger partial charge in [-0.3, -0.25) is 0 Å². The Morgan fingerprint density at radius 1 is 1.29 bits per heavy atom. The molecule has 1 unspecified atom stereocenters. The summed E-state index contributed by atoms with van der Waals surface area (Å²) in [5.41, 5.74) is 1.92. The molecule has 0 radical (unpaired) electrons. The standard InChI is InChI=1S/C17H21ClFNO/c1-4-7-20-17(15-8-11(2)21-12(15)3)10-13-9-14(19)5-6-16(13)18/h5-6,8-9,17,20H,4,7,10H2,1-3H3. The molecule has 1 heterocycles. The third kappa shape index (κ3) is 4.08. The summed E-state index contributed by atoms with van der Waals surface area (Å²) in [6.45, 7) is 6.90. The van der Waals surface area contributed by atoms with Crippen molar-refractivity contribution in [2.75, 3.05) is 6.54 Å². The summed E-state index contributed by atoms with van der Waals surface area (Å²) in [6.07, 6.45) is 1.67. The Bertz CT molecular complexity index is 609. The van der Waals surface area contributed by atoms with Crippen LogP contribution < -0.4 is 5.32 Å². The molecule has 2 nitrogen and oxygen atoms in total. The van der Waals surface area contributed by atoms with Crippen LogP contribution in [0.4, 0.5) is 4.39 Å². The van der Waals surface area contributed by atoms with Gasteiger partial charge in [0.2, 0.25) is 0 Å². The summed E-state index contributed by atoms with van der Waals surface area (Å²) in [5.74, 6) is 1.52. The molecule has 1 aromatic carbocycles. The maximum Gasteiger partial charge on any atom is 0.123 e. The van der Waals surface area contributed by atoms with E-state index in [4.69, 9.17) is 16.0 Å². The zero-order valence-electron chi connectivity index (χ0n) is 12.7. The van der Waals surface area contributed by atoms with E-state index in [1.54, 1.807) is 6.07 Å². The molecule has 0 amide bonds. The Morgan fingerprint density at radius 3 is 2.67 bits per heavy atom. The number of hydrogen-bond donors (Lipinski definition) is 1. The molecule has 0 aliphatic carbocycles. The van der Waals surface area contributed by atoms with Crippen LogP contribution in [0.3, 0.4) is 0 Å². The zero-order valence-corrected chi connectivity index (χ0v) is 13.4. The molecule has 2 rings (SSSR count). The van der Waals surface area contributed by atoms with Gasteiger partial charge in [0.25, 0.3) is 0 Å². The minimum absolute atomic E-state index is 0.0710. The quantitative estimate of drug-likeness (QED) is 0.814. The van der Waals surface area contributed by atoms with Crippen molar-refractivity contribution in [3.05, 3.63) is 57.8 Å². The maximum atomic E-state index is 13.4. The van der Waals surface area contributed by atoms with Crippen LogP contribution in [0.1, 0.15) is 42.0 Å². The molecule has 114 valence electrons. The highest BCUT2D eigenvalue weighted by molar-refractivity contribution is 6.31. The minimum Gasteiger partial charge on any atom is -0.466 e. The Hall–Kier alpha value is -1.32. The number of hydrogen-bond acceptors (Lipinski definition) is 2. The highest BCUT2D eigenvalue weighted by Crippen LogP contribution is 2.28. The van der Waals surface area contributed by atoms with E-state index in [9.17, 15) is 4.39 Å². The third-order valence-electron chi connectivity index (χ3n) is 3.53. The molecule has 2 aromatic rings. The Kier molecular flexibility index (Phi) is 5.43. The summed E-state index contributed by atoms with van der Waals surface area (Å²) in [4.78, 5) is 0. The fraction of sp³-hybridized carbons (Fsp3) is 0.412. The lowest BCUT2D eigenvalue weighted by Crippen LogP contribution is -2.24. The molecule has 0 fully saturated rings. The Morgan fingerprint density at radius 2 is 2.05 bits per heavy atom. The van der Waals surface area contributed by atoms with Gasteiger partial charge in [-0.2, -0.15) is 0 Å². The molecule has 21 heavy (non-hydrogen) atoms. The molecule has 1 aromatic heterocycles. The molecule has 4 heteroatoms.